The first-order chi connectivity index (χ1) is 22.0. The lowest BCUT2D eigenvalue weighted by Crippen LogP contribution is -2.51. The second kappa shape index (κ2) is 21.2. The second-order valence-corrected chi connectivity index (χ2v) is 13.0. The number of aliphatic hydroxyl groups is 3. The molecule has 47 heavy (non-hydrogen) atoms. The van der Waals surface area contributed by atoms with Crippen LogP contribution in [-0.2, 0) is 28.7 Å². The number of carboxylic acid groups (broad SMARTS) is 2. The lowest BCUT2D eigenvalue weighted by molar-refractivity contribution is -0.160. The van der Waals surface area contributed by atoms with Gasteiger partial charge in [0.1, 0.15) is 24.2 Å². The predicted molar refractivity (Wildman–Crippen MR) is 170 cm³/mol. The van der Waals surface area contributed by atoms with E-state index in [-0.39, 0.29) is 12.5 Å². The molecule has 0 bridgehead atoms. The second-order valence-electron chi connectivity index (χ2n) is 13.0. The Balaban J connectivity index is 2.68. The van der Waals surface area contributed by atoms with E-state index < -0.39 is 85.2 Å². The fraction of sp³-hybridized carbons (Fsp3) is 0.839. The van der Waals surface area contributed by atoms with Crippen molar-refractivity contribution < 1.29 is 54.2 Å². The van der Waals surface area contributed by atoms with Gasteiger partial charge >= 0.3 is 17.9 Å². The van der Waals surface area contributed by atoms with Crippen LogP contribution in [-0.4, -0.2) is 115 Å². The molecule has 1 aliphatic rings. The highest BCUT2D eigenvalue weighted by atomic mass is 16.6. The number of esters is 1. The monoisotopic (exact) mass is 675 g/mol. The Kier molecular flexibility index (Phi) is 19.0. The smallest absolute Gasteiger partial charge is 0.327 e. The maximum Gasteiger partial charge on any atom is 0.327 e. The average Bonchev–Trinajstić information content (AvgIpc) is 3.38. The fourth-order valence-corrected chi connectivity index (χ4v) is 5.98. The number of hydrogen-bond donors (Lipinski definition) is 9. The first-order valence-corrected chi connectivity index (χ1v) is 16.5. The van der Waals surface area contributed by atoms with Crippen LogP contribution in [0.5, 0.6) is 0 Å². The summed E-state index contributed by atoms with van der Waals surface area (Å²) in [6.45, 7) is 7.08. The van der Waals surface area contributed by atoms with Gasteiger partial charge in [-0.2, -0.15) is 0 Å². The van der Waals surface area contributed by atoms with Crippen molar-refractivity contribution in [2.45, 2.75) is 147 Å². The fourth-order valence-electron chi connectivity index (χ4n) is 5.98. The SMILES string of the molecule is CCC(C)CC(C)CCCC(CCCCC(=O)N[C@@H](CC(O)C(N)OC(=O)[C@@H](N)C(O)CC(N)=O)C(=O)O)N1CCC(O)[C@H]1C(=O)O. The zero-order valence-electron chi connectivity index (χ0n) is 27.8. The van der Waals surface area contributed by atoms with Crippen LogP contribution >= 0.6 is 0 Å². The molecule has 272 valence electrons. The van der Waals surface area contributed by atoms with E-state index in [9.17, 15) is 49.5 Å². The van der Waals surface area contributed by atoms with E-state index in [4.69, 9.17) is 21.9 Å². The molecule has 0 radical (unpaired) electrons. The number of carbonyl (C=O) groups excluding carboxylic acids is 3. The van der Waals surface area contributed by atoms with Gasteiger partial charge in [-0.25, -0.2) is 4.79 Å². The van der Waals surface area contributed by atoms with Gasteiger partial charge in [0, 0.05) is 25.4 Å². The summed E-state index contributed by atoms with van der Waals surface area (Å²) >= 11 is 0. The maximum atomic E-state index is 12.6. The van der Waals surface area contributed by atoms with Crippen molar-refractivity contribution in [2.24, 2.45) is 29.0 Å². The van der Waals surface area contributed by atoms with Crippen molar-refractivity contribution >= 4 is 29.7 Å². The van der Waals surface area contributed by atoms with Crippen molar-refractivity contribution in [1.82, 2.24) is 10.2 Å². The van der Waals surface area contributed by atoms with Gasteiger partial charge in [-0.1, -0.05) is 46.5 Å². The van der Waals surface area contributed by atoms with Crippen LogP contribution in [0.1, 0.15) is 97.8 Å². The topological polar surface area (TPSA) is 289 Å². The van der Waals surface area contributed by atoms with Gasteiger partial charge in [0.15, 0.2) is 6.23 Å². The summed E-state index contributed by atoms with van der Waals surface area (Å²) in [5, 5.41) is 52.0. The number of unbranched alkanes of at least 4 members (excludes halogenated alkanes) is 1. The normalized spacial score (nSPS) is 21.9. The standard InChI is InChI=1S/C31H57N5O11/c1-4-17(2)14-18(3)8-7-10-19(36-13-12-21(37)27(36)30(44)45)9-5-6-11-25(41)35-20(29(42)43)15-23(39)28(34)47-31(46)26(33)22(38)16-24(32)40/h17-23,26-28,37-39H,4-16,33-34H2,1-3H3,(H2,32,40)(H,35,41)(H,42,43)(H,44,45)/t17?,18?,19?,20-,21?,22?,23?,26-,27-,28?/m0/s1. The number of nitrogens with zero attached hydrogens (tertiary/aromatic N) is 1. The van der Waals surface area contributed by atoms with E-state index in [1.54, 1.807) is 0 Å². The lowest BCUT2D eigenvalue weighted by Gasteiger charge is -2.32. The van der Waals surface area contributed by atoms with E-state index in [2.05, 4.69) is 26.1 Å². The van der Waals surface area contributed by atoms with Crippen molar-refractivity contribution in [3.05, 3.63) is 0 Å². The molecular formula is C31H57N5O11. The Morgan fingerprint density at radius 3 is 2.15 bits per heavy atom. The molecular weight excluding hydrogens is 618 g/mol. The number of aliphatic carboxylic acids is 2. The van der Waals surface area contributed by atoms with Crippen LogP contribution < -0.4 is 22.5 Å². The third-order valence-corrected chi connectivity index (χ3v) is 8.89. The van der Waals surface area contributed by atoms with E-state index in [1.165, 1.54) is 0 Å². The van der Waals surface area contributed by atoms with Crippen molar-refractivity contribution in [3.63, 3.8) is 0 Å². The average molecular weight is 676 g/mol. The molecule has 0 aromatic rings. The summed E-state index contributed by atoms with van der Waals surface area (Å²) in [6, 6.07) is -4.34. The van der Waals surface area contributed by atoms with Crippen LogP contribution in [0.3, 0.4) is 0 Å². The zero-order chi connectivity index (χ0) is 35.8. The predicted octanol–water partition coefficient (Wildman–Crippen LogP) is -0.610. The summed E-state index contributed by atoms with van der Waals surface area (Å²) in [6.07, 6.45) is -0.526. The number of aliphatic hydroxyl groups excluding tert-OH is 3. The highest BCUT2D eigenvalue weighted by Gasteiger charge is 2.41. The molecule has 16 nitrogen and oxygen atoms in total. The molecule has 1 saturated heterocycles. The van der Waals surface area contributed by atoms with Gasteiger partial charge in [-0.05, 0) is 43.9 Å². The highest BCUT2D eigenvalue weighted by Crippen LogP contribution is 2.28. The number of hydrogen-bond acceptors (Lipinski definition) is 12. The molecule has 1 rings (SSSR count). The molecule has 0 spiro atoms. The molecule has 0 aromatic carbocycles. The molecule has 12 N–H and O–H groups in total. The number of rotatable bonds is 24. The van der Waals surface area contributed by atoms with E-state index in [1.807, 2.05) is 4.90 Å². The van der Waals surface area contributed by atoms with Gasteiger partial charge < -0.3 is 47.1 Å². The minimum Gasteiger partial charge on any atom is -0.480 e. The lowest BCUT2D eigenvalue weighted by atomic mass is 9.90. The number of ether oxygens (including phenoxy) is 1. The summed E-state index contributed by atoms with van der Waals surface area (Å²) in [4.78, 5) is 61.2. The number of nitrogens with one attached hydrogen (secondary N) is 1. The van der Waals surface area contributed by atoms with E-state index in [0.29, 0.717) is 44.1 Å². The minimum absolute atomic E-state index is 0.0306. The van der Waals surface area contributed by atoms with Gasteiger partial charge in [0.25, 0.3) is 0 Å². The van der Waals surface area contributed by atoms with Crippen molar-refractivity contribution in [1.29, 1.82) is 0 Å². The minimum atomic E-state index is -1.75. The van der Waals surface area contributed by atoms with Crippen molar-refractivity contribution in [2.75, 3.05) is 6.54 Å². The highest BCUT2D eigenvalue weighted by molar-refractivity contribution is 5.83. The molecule has 0 aliphatic carbocycles. The molecule has 7 unspecified atom stereocenters. The summed E-state index contributed by atoms with van der Waals surface area (Å²) in [5.74, 6) is -4.12. The number of primary amides is 1. The molecule has 2 amide bonds. The summed E-state index contributed by atoms with van der Waals surface area (Å²) in [7, 11) is 0. The number of amides is 2. The quantitative estimate of drug-likeness (QED) is 0.0350. The first-order valence-electron chi connectivity index (χ1n) is 16.5. The van der Waals surface area contributed by atoms with Crippen LogP contribution in [0.4, 0.5) is 0 Å². The summed E-state index contributed by atoms with van der Waals surface area (Å²) in [5.41, 5.74) is 16.1. The van der Waals surface area contributed by atoms with Crippen LogP contribution in [0, 0.1) is 11.8 Å². The molecule has 0 aromatic heterocycles. The molecule has 1 fully saturated rings. The number of nitrogens with two attached hydrogens (primary N) is 3. The van der Waals surface area contributed by atoms with Gasteiger partial charge in [0.2, 0.25) is 11.8 Å². The molecule has 1 heterocycles. The van der Waals surface area contributed by atoms with E-state index >= 15 is 0 Å². The molecule has 1 aliphatic heterocycles. The number of likely N-dealkylation sites (tertiary alicyclic amines) is 1. The van der Waals surface area contributed by atoms with E-state index in [0.717, 1.165) is 32.1 Å². The Bertz CT molecular complexity index is 1020. The third-order valence-electron chi connectivity index (χ3n) is 8.89. The van der Waals surface area contributed by atoms with Crippen molar-refractivity contribution in [3.8, 4) is 0 Å². The number of carboxylic acids is 2. The Morgan fingerprint density at radius 1 is 0.936 bits per heavy atom. The molecule has 16 heteroatoms. The van der Waals surface area contributed by atoms with Gasteiger partial charge in [-0.15, -0.1) is 0 Å². The van der Waals surface area contributed by atoms with Gasteiger partial charge in [-0.3, -0.25) is 29.8 Å². The molecule has 10 atom stereocenters. The number of carbonyl (C=O) groups is 5. The van der Waals surface area contributed by atoms with Gasteiger partial charge in [0.05, 0.1) is 18.6 Å². The maximum absolute atomic E-state index is 12.6. The zero-order valence-corrected chi connectivity index (χ0v) is 27.8. The first kappa shape index (κ1) is 42.1. The van der Waals surface area contributed by atoms with Crippen LogP contribution in [0.25, 0.3) is 0 Å². The Hall–Kier alpha value is -2.89. The Labute approximate surface area is 276 Å². The van der Waals surface area contributed by atoms with Crippen LogP contribution in [0.15, 0.2) is 0 Å². The summed E-state index contributed by atoms with van der Waals surface area (Å²) < 4.78 is 4.79. The third kappa shape index (κ3) is 15.3. The van der Waals surface area contributed by atoms with Crippen LogP contribution in [0.2, 0.25) is 0 Å². The molecule has 0 saturated carbocycles. The Morgan fingerprint density at radius 2 is 1.57 bits per heavy atom. The largest absolute Gasteiger partial charge is 0.480 e.